The topological polar surface area (TPSA) is 94.9 Å². The molecule has 2 aromatic heterocycles. The second kappa shape index (κ2) is 7.76. The molecule has 26 heavy (non-hydrogen) atoms. The Morgan fingerprint density at radius 3 is 1.96 bits per heavy atom. The van der Waals surface area contributed by atoms with Gasteiger partial charge in [0.1, 0.15) is 0 Å². The van der Waals surface area contributed by atoms with Crippen molar-refractivity contribution in [1.82, 2.24) is 9.97 Å². The monoisotopic (exact) mass is 474 g/mol. The number of hydrogen-bond acceptors (Lipinski definition) is 5. The number of anilines is 1. The number of fused-ring (bicyclic) bond motifs is 2. The third-order valence-corrected chi connectivity index (χ3v) is 4.88. The summed E-state index contributed by atoms with van der Waals surface area (Å²) in [5.41, 5.74) is 6.67. The molecule has 0 radical (unpaired) electrons. The summed E-state index contributed by atoms with van der Waals surface area (Å²) >= 11 is 6.65. The van der Waals surface area contributed by atoms with Gasteiger partial charge in [0.05, 0.1) is 14.8 Å². The van der Waals surface area contributed by atoms with Crippen molar-refractivity contribution < 1.29 is 4.92 Å². The summed E-state index contributed by atoms with van der Waals surface area (Å²) in [6, 6.07) is 10.7. The number of benzene rings is 2. The Bertz CT molecular complexity index is 1080. The summed E-state index contributed by atoms with van der Waals surface area (Å²) in [5, 5.41) is 14.2. The highest BCUT2D eigenvalue weighted by atomic mass is 79.9. The third-order valence-electron chi connectivity index (χ3n) is 3.68. The predicted molar refractivity (Wildman–Crippen MR) is 110 cm³/mol. The number of nitrogen functional groups attached to an aromatic ring is 1. The molecule has 2 aromatic carbocycles. The maximum absolute atomic E-state index is 10.7. The van der Waals surface area contributed by atoms with Crippen LogP contribution in [0, 0.1) is 10.1 Å². The molecule has 0 saturated carbocycles. The molecular formula is C18H12Br2N4O2. The number of non-ortho nitro benzene ring substituents is 1. The number of nitro groups is 1. The lowest BCUT2D eigenvalue weighted by Crippen LogP contribution is -1.90. The van der Waals surface area contributed by atoms with E-state index in [2.05, 4.69) is 41.8 Å². The van der Waals surface area contributed by atoms with Crippen LogP contribution in [0.25, 0.3) is 21.5 Å². The Morgan fingerprint density at radius 2 is 1.38 bits per heavy atom. The van der Waals surface area contributed by atoms with Gasteiger partial charge in [0.2, 0.25) is 0 Å². The van der Waals surface area contributed by atoms with E-state index in [0.29, 0.717) is 9.86 Å². The number of pyridine rings is 2. The van der Waals surface area contributed by atoms with Gasteiger partial charge in [-0.05, 0) is 37.9 Å². The number of nitro benzene ring substituents is 1. The average Bonchev–Trinajstić information content (AvgIpc) is 2.62. The van der Waals surface area contributed by atoms with E-state index in [-0.39, 0.29) is 5.69 Å². The van der Waals surface area contributed by atoms with Crippen LogP contribution in [-0.4, -0.2) is 14.9 Å². The smallest absolute Gasteiger partial charge is 0.278 e. The molecule has 0 aliphatic rings. The molecule has 0 amide bonds. The standard InChI is InChI=1S/C9H5BrN2O2.C9H7BrN2/c10-7-5-11-4-6-2-1-3-8(9(6)7)12(13)14;10-7-5-12-4-6-2-1-3-8(11)9(6)7/h1-5H;1-5H,11H2. The zero-order valence-corrected chi connectivity index (χ0v) is 16.4. The molecule has 130 valence electrons. The summed E-state index contributed by atoms with van der Waals surface area (Å²) in [5.74, 6) is 0. The van der Waals surface area contributed by atoms with Crippen molar-refractivity contribution in [3.8, 4) is 0 Å². The van der Waals surface area contributed by atoms with Crippen LogP contribution >= 0.6 is 31.9 Å². The highest BCUT2D eigenvalue weighted by Gasteiger charge is 2.13. The molecule has 0 spiro atoms. The number of aromatic nitrogens is 2. The fourth-order valence-corrected chi connectivity index (χ4v) is 3.67. The quantitative estimate of drug-likeness (QED) is 0.223. The van der Waals surface area contributed by atoms with Crippen LogP contribution in [0.5, 0.6) is 0 Å². The number of halogens is 2. The van der Waals surface area contributed by atoms with E-state index < -0.39 is 4.92 Å². The molecule has 0 unspecified atom stereocenters. The van der Waals surface area contributed by atoms with Gasteiger partial charge in [-0.25, -0.2) is 0 Å². The van der Waals surface area contributed by atoms with Gasteiger partial charge in [0, 0.05) is 57.2 Å². The first-order valence-electron chi connectivity index (χ1n) is 7.43. The second-order valence-corrected chi connectivity index (χ2v) is 7.03. The highest BCUT2D eigenvalue weighted by molar-refractivity contribution is 9.11. The van der Waals surface area contributed by atoms with Crippen LogP contribution in [0.2, 0.25) is 0 Å². The van der Waals surface area contributed by atoms with Gasteiger partial charge in [0.25, 0.3) is 5.69 Å². The normalized spacial score (nSPS) is 10.4. The van der Waals surface area contributed by atoms with Crippen molar-refractivity contribution in [2.24, 2.45) is 0 Å². The van der Waals surface area contributed by atoms with Crippen LogP contribution in [0.3, 0.4) is 0 Å². The fraction of sp³-hybridized carbons (Fsp3) is 0. The molecule has 0 saturated heterocycles. The molecule has 4 aromatic rings. The Labute approximate surface area is 165 Å². The third kappa shape index (κ3) is 3.66. The molecule has 6 nitrogen and oxygen atoms in total. The average molecular weight is 476 g/mol. The minimum atomic E-state index is -0.396. The lowest BCUT2D eigenvalue weighted by atomic mass is 10.1. The maximum Gasteiger partial charge on any atom is 0.278 e. The SMILES string of the molecule is Nc1cccc2cncc(Br)c12.O=[N+]([O-])c1cccc2cncc(Br)c12. The first-order chi connectivity index (χ1) is 12.5. The van der Waals surface area contributed by atoms with Crippen LogP contribution in [0.4, 0.5) is 11.4 Å². The highest BCUT2D eigenvalue weighted by Crippen LogP contribution is 2.31. The number of rotatable bonds is 1. The fourth-order valence-electron chi connectivity index (χ4n) is 2.54. The van der Waals surface area contributed by atoms with Gasteiger partial charge < -0.3 is 5.73 Å². The summed E-state index contributed by atoms with van der Waals surface area (Å²) in [4.78, 5) is 18.3. The second-order valence-electron chi connectivity index (χ2n) is 5.32. The molecule has 8 heteroatoms. The Hall–Kier alpha value is -2.58. The van der Waals surface area contributed by atoms with E-state index in [1.807, 2.05) is 18.2 Å². The van der Waals surface area contributed by atoms with Crippen molar-refractivity contribution in [1.29, 1.82) is 0 Å². The summed E-state index contributed by atoms with van der Waals surface area (Å²) in [6.45, 7) is 0. The van der Waals surface area contributed by atoms with Crippen molar-refractivity contribution in [2.45, 2.75) is 0 Å². The minimum absolute atomic E-state index is 0.0942. The van der Waals surface area contributed by atoms with Crippen molar-refractivity contribution in [3.05, 3.63) is 80.2 Å². The molecule has 0 fully saturated rings. The van der Waals surface area contributed by atoms with E-state index in [1.165, 1.54) is 6.07 Å². The molecule has 4 rings (SSSR count). The molecule has 0 bridgehead atoms. The van der Waals surface area contributed by atoms with Crippen LogP contribution in [0.1, 0.15) is 0 Å². The summed E-state index contributed by atoms with van der Waals surface area (Å²) < 4.78 is 1.58. The number of nitrogens with zero attached hydrogens (tertiary/aromatic N) is 3. The van der Waals surface area contributed by atoms with E-state index in [9.17, 15) is 10.1 Å². The van der Waals surface area contributed by atoms with E-state index >= 15 is 0 Å². The Kier molecular flexibility index (Phi) is 5.43. The zero-order chi connectivity index (χ0) is 18.7. The first kappa shape index (κ1) is 18.2. The van der Waals surface area contributed by atoms with Gasteiger partial charge in [0.15, 0.2) is 0 Å². The van der Waals surface area contributed by atoms with Crippen molar-refractivity contribution in [2.75, 3.05) is 5.73 Å². The minimum Gasteiger partial charge on any atom is -0.398 e. The molecule has 0 aliphatic heterocycles. The van der Waals surface area contributed by atoms with Gasteiger partial charge in [-0.15, -0.1) is 0 Å². The van der Waals surface area contributed by atoms with Gasteiger partial charge in [-0.1, -0.05) is 24.3 Å². The molecule has 2 heterocycles. The summed E-state index contributed by atoms with van der Waals surface area (Å²) in [7, 11) is 0. The van der Waals surface area contributed by atoms with E-state index in [1.54, 1.807) is 36.9 Å². The Balaban J connectivity index is 0.000000152. The van der Waals surface area contributed by atoms with Crippen molar-refractivity contribution >= 4 is 64.8 Å². The van der Waals surface area contributed by atoms with Crippen LogP contribution in [0.15, 0.2) is 70.1 Å². The molecule has 0 atom stereocenters. The summed E-state index contributed by atoms with van der Waals surface area (Å²) in [6.07, 6.45) is 6.71. The van der Waals surface area contributed by atoms with Crippen molar-refractivity contribution in [3.63, 3.8) is 0 Å². The zero-order valence-electron chi connectivity index (χ0n) is 13.3. The van der Waals surface area contributed by atoms with Gasteiger partial charge >= 0.3 is 0 Å². The first-order valence-corrected chi connectivity index (χ1v) is 9.02. The Morgan fingerprint density at radius 1 is 0.846 bits per heavy atom. The van der Waals surface area contributed by atoms with Crippen LogP contribution in [-0.2, 0) is 0 Å². The molecule has 2 N–H and O–H groups in total. The van der Waals surface area contributed by atoms with E-state index in [0.717, 1.165) is 26.3 Å². The maximum atomic E-state index is 10.7. The number of nitrogens with two attached hydrogens (primary N) is 1. The largest absolute Gasteiger partial charge is 0.398 e. The van der Waals surface area contributed by atoms with Gasteiger partial charge in [-0.3, -0.25) is 20.1 Å². The predicted octanol–water partition coefficient (Wildman–Crippen LogP) is 5.49. The van der Waals surface area contributed by atoms with Gasteiger partial charge in [-0.2, -0.15) is 0 Å². The molecular weight excluding hydrogens is 464 g/mol. The lowest BCUT2D eigenvalue weighted by Gasteiger charge is -2.02. The van der Waals surface area contributed by atoms with E-state index in [4.69, 9.17) is 5.73 Å². The van der Waals surface area contributed by atoms with Crippen LogP contribution < -0.4 is 5.73 Å². The molecule has 0 aliphatic carbocycles. The number of hydrogen-bond donors (Lipinski definition) is 1. The lowest BCUT2D eigenvalue weighted by molar-refractivity contribution is -0.383.